The maximum atomic E-state index is 14.0. The predicted octanol–water partition coefficient (Wildman–Crippen LogP) is 2.40. The lowest BCUT2D eigenvalue weighted by Crippen LogP contribution is -2.54. The van der Waals surface area contributed by atoms with Crippen LogP contribution in [0.25, 0.3) is 4.25 Å². The zero-order valence-corrected chi connectivity index (χ0v) is 25.1. The Morgan fingerprint density at radius 1 is 1.27 bits per heavy atom. The zero-order valence-electron chi connectivity index (χ0n) is 24.3. The van der Waals surface area contributed by atoms with Gasteiger partial charge in [0.2, 0.25) is 17.7 Å². The molecule has 2 unspecified atom stereocenters. The Labute approximate surface area is 241 Å². The van der Waals surface area contributed by atoms with Crippen LogP contribution in [0.2, 0.25) is 0 Å². The minimum atomic E-state index is -4.14. The summed E-state index contributed by atoms with van der Waals surface area (Å²) in [4.78, 5) is 41.1. The summed E-state index contributed by atoms with van der Waals surface area (Å²) in [6, 6.07) is 8.72. The number of amides is 3. The SMILES string of the molecule is COc1ccc(S(=O)(=O)[N+]#CC(C(=O)N2C[C@H]3C([C@H]2C(=O)N[C@H](C#N)C[C@@H]2CCNC2=O)C3(C)C)C(C)(C)C)cc1. The topological polar surface area (TPSA) is 150 Å². The highest BCUT2D eigenvalue weighted by atomic mass is 32.2. The van der Waals surface area contributed by atoms with Gasteiger partial charge in [0.25, 0.3) is 0 Å². The molecule has 0 bridgehead atoms. The number of nitrogens with one attached hydrogen (secondary N) is 2. The van der Waals surface area contributed by atoms with Crippen LogP contribution in [0.3, 0.4) is 0 Å². The number of methoxy groups -OCH3 is 1. The standard InChI is InChI=1S/C29H37N5O6S/c1-28(2,3)21(15-32-41(38,39)20-9-7-19(40-6)8-10-20)27(37)34-16-22-23(29(22,4)5)24(34)26(36)33-18(14-30)13-17-11-12-31-25(17)35/h7-10,17-18,21-24H,11-13,16H2,1-6H3,(H-,31,33,35,36)/p+1/t17-,18-,21?,22-,23?,24-/m0/s1. The van der Waals surface area contributed by atoms with Gasteiger partial charge in [-0.15, -0.1) is 8.42 Å². The molecule has 4 rings (SSSR count). The zero-order chi connectivity index (χ0) is 30.3. The summed E-state index contributed by atoms with van der Waals surface area (Å²) in [5, 5.41) is 15.2. The normalized spacial score (nSPS) is 26.0. The van der Waals surface area contributed by atoms with Crippen LogP contribution < -0.4 is 15.4 Å². The van der Waals surface area contributed by atoms with E-state index in [0.717, 1.165) is 0 Å². The van der Waals surface area contributed by atoms with Crippen molar-refractivity contribution in [2.75, 3.05) is 20.2 Å². The lowest BCUT2D eigenvalue weighted by molar-refractivity contribution is -0.144. The van der Waals surface area contributed by atoms with Gasteiger partial charge in [-0.3, -0.25) is 14.4 Å². The van der Waals surface area contributed by atoms with E-state index in [-0.39, 0.29) is 40.4 Å². The number of piperidine rings is 1. The molecule has 12 heteroatoms. The monoisotopic (exact) mass is 584 g/mol. The molecule has 6 atom stereocenters. The van der Waals surface area contributed by atoms with Crippen molar-refractivity contribution in [2.24, 2.45) is 34.5 Å². The Bertz CT molecular complexity index is 1430. The summed E-state index contributed by atoms with van der Waals surface area (Å²) in [6.07, 6.45) is 0.793. The fourth-order valence-corrected chi connectivity index (χ4v) is 6.91. The molecule has 0 radical (unpaired) electrons. The Kier molecular flexibility index (Phi) is 8.12. The summed E-state index contributed by atoms with van der Waals surface area (Å²) < 4.78 is 34.7. The lowest BCUT2D eigenvalue weighted by atomic mass is 9.80. The van der Waals surface area contributed by atoms with Crippen molar-refractivity contribution in [3.63, 3.8) is 0 Å². The molecule has 2 aliphatic heterocycles. The smallest absolute Gasteiger partial charge is 0.497 e. The van der Waals surface area contributed by atoms with Gasteiger partial charge >= 0.3 is 16.1 Å². The van der Waals surface area contributed by atoms with Gasteiger partial charge in [0.15, 0.2) is 10.8 Å². The second-order valence-corrected chi connectivity index (χ2v) is 14.4. The molecule has 0 aromatic heterocycles. The van der Waals surface area contributed by atoms with Gasteiger partial charge < -0.3 is 20.3 Å². The van der Waals surface area contributed by atoms with E-state index in [2.05, 4.69) is 27.0 Å². The quantitative estimate of drug-likeness (QED) is 0.500. The number of carbonyl (C=O) groups is 3. The van der Waals surface area contributed by atoms with Gasteiger partial charge in [0, 0.05) is 19.0 Å². The Balaban J connectivity index is 1.58. The highest BCUT2D eigenvalue weighted by Crippen LogP contribution is 2.65. The molecule has 2 N–H and O–H groups in total. The Morgan fingerprint density at radius 2 is 1.93 bits per heavy atom. The fourth-order valence-electron chi connectivity index (χ4n) is 6.08. The van der Waals surface area contributed by atoms with Crippen molar-refractivity contribution in [3.05, 3.63) is 28.5 Å². The van der Waals surface area contributed by atoms with Gasteiger partial charge in [-0.1, -0.05) is 34.6 Å². The summed E-state index contributed by atoms with van der Waals surface area (Å²) >= 11 is 0. The predicted molar refractivity (Wildman–Crippen MR) is 150 cm³/mol. The van der Waals surface area contributed by atoms with Gasteiger partial charge in [-0.2, -0.15) is 5.26 Å². The first-order valence-corrected chi connectivity index (χ1v) is 15.2. The van der Waals surface area contributed by atoms with Gasteiger partial charge in [0.05, 0.1) is 17.4 Å². The van der Waals surface area contributed by atoms with E-state index >= 15 is 0 Å². The number of ether oxygens (including phenoxy) is 1. The third-order valence-corrected chi connectivity index (χ3v) is 9.90. The molecular weight excluding hydrogens is 546 g/mol. The average molecular weight is 585 g/mol. The van der Waals surface area contributed by atoms with Crippen molar-refractivity contribution < 1.29 is 27.5 Å². The van der Waals surface area contributed by atoms with E-state index in [0.29, 0.717) is 25.3 Å². The van der Waals surface area contributed by atoms with E-state index in [4.69, 9.17) is 4.74 Å². The van der Waals surface area contributed by atoms with Crippen molar-refractivity contribution in [3.8, 4) is 17.9 Å². The molecule has 1 aromatic carbocycles. The molecule has 1 aromatic rings. The molecule has 3 amide bonds. The number of benzene rings is 1. The van der Waals surface area contributed by atoms with Crippen LogP contribution in [0.15, 0.2) is 29.2 Å². The van der Waals surface area contributed by atoms with Crippen LogP contribution in [-0.2, 0) is 24.4 Å². The molecule has 41 heavy (non-hydrogen) atoms. The second kappa shape index (κ2) is 11.0. The van der Waals surface area contributed by atoms with Crippen molar-refractivity contribution in [1.29, 1.82) is 5.26 Å². The molecule has 1 saturated carbocycles. The fraction of sp³-hybridized carbons (Fsp3) is 0.621. The first-order valence-electron chi connectivity index (χ1n) is 13.8. The minimum absolute atomic E-state index is 0.0641. The molecule has 2 saturated heterocycles. The van der Waals surface area contributed by atoms with Gasteiger partial charge in [-0.05, 0) is 59.8 Å². The first kappa shape index (κ1) is 30.3. The maximum absolute atomic E-state index is 14.0. The van der Waals surface area contributed by atoms with Gasteiger partial charge in [-0.25, -0.2) is 0 Å². The lowest BCUT2D eigenvalue weighted by Gasteiger charge is -2.34. The number of nitriles is 1. The third kappa shape index (κ3) is 6.03. The number of hydrogen-bond acceptors (Lipinski definition) is 7. The van der Waals surface area contributed by atoms with Crippen LogP contribution in [0.5, 0.6) is 5.75 Å². The summed E-state index contributed by atoms with van der Waals surface area (Å²) in [5.41, 5.74) is -0.927. The number of sulfonamides is 1. The van der Waals surface area contributed by atoms with Gasteiger partial charge in [0.1, 0.15) is 17.8 Å². The molecule has 3 fully saturated rings. The van der Waals surface area contributed by atoms with E-state index in [9.17, 15) is 28.1 Å². The van der Waals surface area contributed by atoms with Crippen molar-refractivity contribution >= 4 is 27.7 Å². The van der Waals surface area contributed by atoms with E-state index in [1.165, 1.54) is 36.3 Å². The van der Waals surface area contributed by atoms with E-state index in [1.807, 2.05) is 13.8 Å². The largest absolute Gasteiger partial charge is 0.510 e. The van der Waals surface area contributed by atoms with Crippen LogP contribution >= 0.6 is 0 Å². The second-order valence-electron chi connectivity index (χ2n) is 12.8. The van der Waals surface area contributed by atoms with E-state index < -0.39 is 45.3 Å². The average Bonchev–Trinajstić information content (AvgIpc) is 3.25. The number of fused-ring (bicyclic) bond motifs is 1. The van der Waals surface area contributed by atoms with E-state index in [1.54, 1.807) is 20.8 Å². The molecule has 3 aliphatic rings. The summed E-state index contributed by atoms with van der Waals surface area (Å²) in [6.45, 7) is 10.3. The number of nitrogens with zero attached hydrogens (tertiary/aromatic N) is 3. The summed E-state index contributed by atoms with van der Waals surface area (Å²) in [5.74, 6) is -1.96. The summed E-state index contributed by atoms with van der Waals surface area (Å²) in [7, 11) is -2.67. The third-order valence-electron chi connectivity index (χ3n) is 8.69. The number of carbonyl (C=O) groups excluding carboxylic acids is 3. The number of rotatable bonds is 7. The van der Waals surface area contributed by atoms with Crippen LogP contribution in [0.4, 0.5) is 0 Å². The molecule has 220 valence electrons. The Morgan fingerprint density at radius 3 is 2.46 bits per heavy atom. The highest BCUT2D eigenvalue weighted by Gasteiger charge is 2.70. The molecular formula is C29H38N5O6S+. The molecule has 1 aliphatic carbocycles. The molecule has 0 spiro atoms. The number of likely N-dealkylation sites (tertiary alicyclic amines) is 1. The van der Waals surface area contributed by atoms with Crippen molar-refractivity contribution in [1.82, 2.24) is 15.5 Å². The number of hydrogen-bond donors (Lipinski definition) is 2. The van der Waals surface area contributed by atoms with Crippen LogP contribution in [0.1, 0.15) is 47.5 Å². The molecule has 2 heterocycles. The highest BCUT2D eigenvalue weighted by molar-refractivity contribution is 7.93. The first-order chi connectivity index (χ1) is 19.1. The van der Waals surface area contributed by atoms with Crippen molar-refractivity contribution in [2.45, 2.75) is 64.4 Å². The van der Waals surface area contributed by atoms with Crippen LogP contribution in [-0.4, -0.2) is 63.3 Å². The molecule has 11 nitrogen and oxygen atoms in total. The Hall–Kier alpha value is -3.64. The maximum Gasteiger partial charge on any atom is 0.510 e. The van der Waals surface area contributed by atoms with Crippen LogP contribution in [0, 0.1) is 51.9 Å². The minimum Gasteiger partial charge on any atom is -0.497 e.